The van der Waals surface area contributed by atoms with Crippen molar-refractivity contribution in [3.8, 4) is 17.2 Å². The van der Waals surface area contributed by atoms with Gasteiger partial charge in [-0.2, -0.15) is 0 Å². The fourth-order valence-corrected chi connectivity index (χ4v) is 3.77. The summed E-state index contributed by atoms with van der Waals surface area (Å²) < 4.78 is 18.4. The predicted octanol–water partition coefficient (Wildman–Crippen LogP) is 3.68. The topological polar surface area (TPSA) is 61.6 Å². The number of allylic oxidation sites excluding steroid dienone is 1. The van der Waals surface area contributed by atoms with Crippen molar-refractivity contribution in [3.05, 3.63) is 47.8 Å². The molecule has 1 aromatic heterocycles. The Kier molecular flexibility index (Phi) is 6.88. The number of ether oxygens (including phenoxy) is 3. The Morgan fingerprint density at radius 3 is 2.93 bits per heavy atom. The molecule has 150 valence electrons. The molecule has 7 nitrogen and oxygen atoms in total. The third kappa shape index (κ3) is 4.81. The number of rotatable bonds is 10. The molecule has 0 amide bonds. The lowest BCUT2D eigenvalue weighted by molar-refractivity contribution is 0.171. The second-order valence-electron chi connectivity index (χ2n) is 6.31. The summed E-state index contributed by atoms with van der Waals surface area (Å²) in [5.74, 6) is 3.48. The van der Waals surface area contributed by atoms with Gasteiger partial charge < -0.3 is 18.8 Å². The van der Waals surface area contributed by atoms with Crippen LogP contribution in [0.5, 0.6) is 17.2 Å². The molecule has 0 bridgehead atoms. The van der Waals surface area contributed by atoms with Gasteiger partial charge in [0, 0.05) is 23.9 Å². The van der Waals surface area contributed by atoms with Gasteiger partial charge in [0.1, 0.15) is 5.82 Å². The summed E-state index contributed by atoms with van der Waals surface area (Å²) in [5, 5.41) is 10.0. The fraction of sp³-hybridized carbons (Fsp3) is 0.368. The zero-order valence-corrected chi connectivity index (χ0v) is 17.6. The van der Waals surface area contributed by atoms with E-state index >= 15 is 0 Å². The molecule has 1 aliphatic heterocycles. The third-order valence-electron chi connectivity index (χ3n) is 4.05. The number of fused-ring (bicyclic) bond motifs is 1. The molecule has 1 aromatic carbocycles. The van der Waals surface area contributed by atoms with E-state index in [1.54, 1.807) is 7.11 Å². The van der Waals surface area contributed by atoms with Crippen LogP contribution in [-0.4, -0.2) is 46.4 Å². The molecule has 3 rings (SSSR count). The van der Waals surface area contributed by atoms with Gasteiger partial charge in [-0.1, -0.05) is 36.0 Å². The van der Waals surface area contributed by atoms with Crippen LogP contribution in [0.2, 0.25) is 0 Å². The van der Waals surface area contributed by atoms with Gasteiger partial charge in [0.2, 0.25) is 12.5 Å². The van der Waals surface area contributed by atoms with Crippen molar-refractivity contribution in [2.24, 2.45) is 0 Å². The first-order valence-electron chi connectivity index (χ1n) is 8.66. The van der Waals surface area contributed by atoms with E-state index in [4.69, 9.17) is 25.8 Å². The van der Waals surface area contributed by atoms with Crippen LogP contribution in [0.4, 0.5) is 0 Å². The first-order valence-corrected chi connectivity index (χ1v) is 10.0. The van der Waals surface area contributed by atoms with E-state index in [9.17, 15) is 0 Å². The quantitative estimate of drug-likeness (QED) is 0.427. The number of aromatic nitrogens is 3. The van der Waals surface area contributed by atoms with Gasteiger partial charge in [-0.15, -0.1) is 16.8 Å². The van der Waals surface area contributed by atoms with E-state index in [0.717, 1.165) is 16.5 Å². The van der Waals surface area contributed by atoms with Crippen molar-refractivity contribution in [1.82, 2.24) is 19.7 Å². The van der Waals surface area contributed by atoms with Gasteiger partial charge in [0.05, 0.1) is 13.7 Å². The van der Waals surface area contributed by atoms with Crippen LogP contribution in [0.15, 0.2) is 41.6 Å². The van der Waals surface area contributed by atoms with Crippen LogP contribution < -0.4 is 14.2 Å². The highest BCUT2D eigenvalue weighted by Crippen LogP contribution is 2.42. The Morgan fingerprint density at radius 2 is 2.21 bits per heavy atom. The molecule has 0 unspecified atom stereocenters. The zero-order valence-electron chi connectivity index (χ0n) is 16.0. The number of hydrogen-bond acceptors (Lipinski definition) is 7. The number of hydrogen-bond donors (Lipinski definition) is 0. The van der Waals surface area contributed by atoms with Crippen LogP contribution in [0.25, 0.3) is 0 Å². The van der Waals surface area contributed by atoms with Crippen LogP contribution in [0.3, 0.4) is 0 Å². The Labute approximate surface area is 173 Å². The van der Waals surface area contributed by atoms with Crippen molar-refractivity contribution >= 4 is 23.4 Å². The average Bonchev–Trinajstić information content (AvgIpc) is 3.27. The maximum Gasteiger partial charge on any atom is 0.231 e. The van der Waals surface area contributed by atoms with E-state index < -0.39 is 0 Å². The maximum absolute atomic E-state index is 5.87. The van der Waals surface area contributed by atoms with Gasteiger partial charge in [-0.05, 0) is 24.7 Å². The van der Waals surface area contributed by atoms with E-state index in [0.29, 0.717) is 47.7 Å². The molecule has 9 heteroatoms. The SMILES string of the molecule is C=CCn1c(CN(C)Cc2cc(OC)c3c(c2)OCO3)nnc1SCC(=C)Cl. The minimum atomic E-state index is 0.213. The molecule has 0 aliphatic carbocycles. The summed E-state index contributed by atoms with van der Waals surface area (Å²) in [4.78, 5) is 2.15. The molecule has 0 spiro atoms. The molecule has 28 heavy (non-hydrogen) atoms. The van der Waals surface area contributed by atoms with Crippen molar-refractivity contribution in [2.45, 2.75) is 24.8 Å². The molecule has 1 aliphatic rings. The molecule has 2 heterocycles. The van der Waals surface area contributed by atoms with Gasteiger partial charge in [0.25, 0.3) is 0 Å². The second kappa shape index (κ2) is 9.36. The first kappa shape index (κ1) is 20.6. The molecule has 0 radical (unpaired) electrons. The monoisotopic (exact) mass is 422 g/mol. The van der Waals surface area contributed by atoms with E-state index in [1.807, 2.05) is 29.8 Å². The molecule has 0 saturated carbocycles. The lowest BCUT2D eigenvalue weighted by Gasteiger charge is -2.18. The van der Waals surface area contributed by atoms with E-state index in [-0.39, 0.29) is 6.79 Å². The summed E-state index contributed by atoms with van der Waals surface area (Å²) in [6.45, 7) is 9.70. The number of benzene rings is 1. The number of halogens is 1. The van der Waals surface area contributed by atoms with Crippen LogP contribution >= 0.6 is 23.4 Å². The van der Waals surface area contributed by atoms with Gasteiger partial charge in [-0.3, -0.25) is 4.90 Å². The van der Waals surface area contributed by atoms with Crippen molar-refractivity contribution < 1.29 is 14.2 Å². The summed E-state index contributed by atoms with van der Waals surface area (Å²) in [5.41, 5.74) is 1.06. The summed E-state index contributed by atoms with van der Waals surface area (Å²) in [7, 11) is 3.65. The summed E-state index contributed by atoms with van der Waals surface area (Å²) in [6.07, 6.45) is 1.83. The third-order valence-corrected chi connectivity index (χ3v) is 5.39. The minimum Gasteiger partial charge on any atom is -0.493 e. The summed E-state index contributed by atoms with van der Waals surface area (Å²) in [6, 6.07) is 3.94. The zero-order chi connectivity index (χ0) is 20.1. The fourth-order valence-electron chi connectivity index (χ4n) is 2.88. The van der Waals surface area contributed by atoms with Crippen LogP contribution in [0.1, 0.15) is 11.4 Å². The number of nitrogens with zero attached hydrogens (tertiary/aromatic N) is 4. The largest absolute Gasteiger partial charge is 0.493 e. The lowest BCUT2D eigenvalue weighted by Crippen LogP contribution is -2.20. The summed E-state index contributed by atoms with van der Waals surface area (Å²) >= 11 is 7.38. The molecular formula is C19H23ClN4O3S. The Hall–Kier alpha value is -2.16. The number of thioether (sulfide) groups is 1. The predicted molar refractivity (Wildman–Crippen MR) is 110 cm³/mol. The molecule has 0 N–H and O–H groups in total. The molecule has 0 fully saturated rings. The van der Waals surface area contributed by atoms with Crippen molar-refractivity contribution in [2.75, 3.05) is 26.7 Å². The Morgan fingerprint density at radius 1 is 1.39 bits per heavy atom. The first-order chi connectivity index (χ1) is 13.5. The number of methoxy groups -OCH3 is 1. The molecule has 0 atom stereocenters. The molecule has 0 saturated heterocycles. The Bertz CT molecular complexity index is 871. The average molecular weight is 423 g/mol. The lowest BCUT2D eigenvalue weighted by atomic mass is 10.1. The van der Waals surface area contributed by atoms with E-state index in [2.05, 4.69) is 28.3 Å². The van der Waals surface area contributed by atoms with Gasteiger partial charge >= 0.3 is 0 Å². The highest BCUT2D eigenvalue weighted by molar-refractivity contribution is 7.99. The Balaban J connectivity index is 1.72. The second-order valence-corrected chi connectivity index (χ2v) is 7.79. The normalized spacial score (nSPS) is 12.4. The highest BCUT2D eigenvalue weighted by atomic mass is 35.5. The molecule has 2 aromatic rings. The van der Waals surface area contributed by atoms with Gasteiger partial charge in [0.15, 0.2) is 16.7 Å². The van der Waals surface area contributed by atoms with Gasteiger partial charge in [-0.25, -0.2) is 0 Å². The standard InChI is InChI=1S/C19H23ClN4O3S/c1-5-6-24-17(21-22-19(24)28-11-13(2)20)10-23(3)9-14-7-15(25-4)18-16(8-14)26-12-27-18/h5,7-8H,1-2,6,9-12H2,3-4H3. The molecular weight excluding hydrogens is 400 g/mol. The maximum atomic E-state index is 5.87. The van der Waals surface area contributed by atoms with Crippen molar-refractivity contribution in [3.63, 3.8) is 0 Å². The van der Waals surface area contributed by atoms with E-state index in [1.165, 1.54) is 11.8 Å². The minimum absolute atomic E-state index is 0.213. The van der Waals surface area contributed by atoms with Crippen LogP contribution in [-0.2, 0) is 19.6 Å². The highest BCUT2D eigenvalue weighted by Gasteiger charge is 2.21. The van der Waals surface area contributed by atoms with Crippen molar-refractivity contribution in [1.29, 1.82) is 0 Å². The van der Waals surface area contributed by atoms with Crippen LogP contribution in [0, 0.1) is 0 Å². The smallest absolute Gasteiger partial charge is 0.231 e.